The minimum atomic E-state index is -1.26. The third kappa shape index (κ3) is 10.8. The maximum Gasteiger partial charge on any atom is 0.310 e. The van der Waals surface area contributed by atoms with Gasteiger partial charge in [-0.1, -0.05) is 91.0 Å². The number of carbonyl (C=O) groups excluding carboxylic acids is 3. The van der Waals surface area contributed by atoms with E-state index in [9.17, 15) is 24.5 Å². The van der Waals surface area contributed by atoms with Crippen molar-refractivity contribution in [3.63, 3.8) is 0 Å². The molecule has 2 unspecified atom stereocenters. The third-order valence-corrected chi connectivity index (χ3v) is 5.99. The predicted molar refractivity (Wildman–Crippen MR) is 141 cm³/mol. The van der Waals surface area contributed by atoms with Crippen LogP contribution in [0.1, 0.15) is 42.4 Å². The Morgan fingerprint density at radius 1 is 0.667 bits per heavy atom. The first kappa shape index (κ1) is 29.0. The molecule has 3 aromatic carbocycles. The molecular formula is C30H31NO8. The third-order valence-electron chi connectivity index (χ3n) is 5.99. The number of nitrogens with zero attached hydrogens (tertiary/aromatic N) is 1. The lowest BCUT2D eigenvalue weighted by Crippen LogP contribution is -2.30. The van der Waals surface area contributed by atoms with E-state index in [2.05, 4.69) is 0 Å². The highest BCUT2D eigenvalue weighted by Crippen LogP contribution is 2.21. The SMILES string of the molecule is O=C(CCC(CC(CC(=O)OCc1ccccc1)C(=O)OCc1ccccc1)[N+](=O)[O-])OCc1ccccc1. The number of benzene rings is 3. The molecule has 0 radical (unpaired) electrons. The van der Waals surface area contributed by atoms with Crippen LogP contribution < -0.4 is 0 Å². The van der Waals surface area contributed by atoms with Gasteiger partial charge in [0.05, 0.1) is 18.8 Å². The molecule has 0 fully saturated rings. The summed E-state index contributed by atoms with van der Waals surface area (Å²) in [6.07, 6.45) is -1.03. The quantitative estimate of drug-likeness (QED) is 0.115. The second kappa shape index (κ2) is 15.7. The molecule has 39 heavy (non-hydrogen) atoms. The molecule has 0 aliphatic heterocycles. The summed E-state index contributed by atoms with van der Waals surface area (Å²) >= 11 is 0. The molecule has 0 spiro atoms. The molecule has 9 nitrogen and oxygen atoms in total. The van der Waals surface area contributed by atoms with Crippen LogP contribution in [0.3, 0.4) is 0 Å². The number of carbonyl (C=O) groups is 3. The van der Waals surface area contributed by atoms with Crippen molar-refractivity contribution in [3.05, 3.63) is 118 Å². The van der Waals surface area contributed by atoms with Crippen LogP contribution in [0.2, 0.25) is 0 Å². The van der Waals surface area contributed by atoms with Gasteiger partial charge in [-0.15, -0.1) is 0 Å². The normalized spacial score (nSPS) is 12.1. The highest BCUT2D eigenvalue weighted by molar-refractivity contribution is 5.80. The number of esters is 3. The zero-order valence-electron chi connectivity index (χ0n) is 21.5. The van der Waals surface area contributed by atoms with E-state index in [1.165, 1.54) is 0 Å². The zero-order valence-corrected chi connectivity index (χ0v) is 21.5. The number of rotatable bonds is 15. The zero-order chi connectivity index (χ0) is 27.9. The molecule has 3 aromatic rings. The first-order valence-corrected chi connectivity index (χ1v) is 12.6. The Kier molecular flexibility index (Phi) is 11.7. The van der Waals surface area contributed by atoms with Crippen LogP contribution in [-0.4, -0.2) is 28.9 Å². The maximum atomic E-state index is 12.9. The van der Waals surface area contributed by atoms with Crippen LogP contribution in [0, 0.1) is 16.0 Å². The van der Waals surface area contributed by atoms with Crippen molar-refractivity contribution in [3.8, 4) is 0 Å². The molecule has 3 rings (SSSR count). The van der Waals surface area contributed by atoms with Crippen molar-refractivity contribution in [1.29, 1.82) is 0 Å². The summed E-state index contributed by atoms with van der Waals surface area (Å²) in [6, 6.07) is 25.8. The molecule has 204 valence electrons. The average molecular weight is 534 g/mol. The summed E-state index contributed by atoms with van der Waals surface area (Å²) in [5.41, 5.74) is 2.31. The molecule has 0 saturated heterocycles. The van der Waals surface area contributed by atoms with E-state index in [0.29, 0.717) is 0 Å². The summed E-state index contributed by atoms with van der Waals surface area (Å²) in [5.74, 6) is -3.12. The Morgan fingerprint density at radius 3 is 1.56 bits per heavy atom. The van der Waals surface area contributed by atoms with Gasteiger partial charge in [0.25, 0.3) is 0 Å². The molecule has 2 atom stereocenters. The Bertz CT molecular complexity index is 1200. The van der Waals surface area contributed by atoms with E-state index < -0.39 is 34.8 Å². The van der Waals surface area contributed by atoms with Crippen LogP contribution in [0.5, 0.6) is 0 Å². The fourth-order valence-corrected chi connectivity index (χ4v) is 3.84. The minimum Gasteiger partial charge on any atom is -0.461 e. The first-order valence-electron chi connectivity index (χ1n) is 12.6. The summed E-state index contributed by atoms with van der Waals surface area (Å²) < 4.78 is 15.9. The minimum absolute atomic E-state index is 0.0113. The van der Waals surface area contributed by atoms with Gasteiger partial charge in [-0.3, -0.25) is 24.5 Å². The Hall–Kier alpha value is -4.53. The lowest BCUT2D eigenvalue weighted by molar-refractivity contribution is -0.525. The van der Waals surface area contributed by atoms with Crippen molar-refractivity contribution in [2.75, 3.05) is 0 Å². The van der Waals surface area contributed by atoms with Crippen molar-refractivity contribution < 1.29 is 33.5 Å². The number of hydrogen-bond donors (Lipinski definition) is 0. The standard InChI is InChI=1S/C30H31NO8/c32-28(37-20-23-10-4-1-5-11-23)17-16-27(31(35)36)18-26(30(34)39-22-25-14-8-3-9-15-25)19-29(33)38-21-24-12-6-2-7-13-24/h1-15,26-27H,16-22H2. The van der Waals surface area contributed by atoms with Crippen molar-refractivity contribution in [2.24, 2.45) is 5.92 Å². The fraction of sp³-hybridized carbons (Fsp3) is 0.300. The van der Waals surface area contributed by atoms with Gasteiger partial charge in [-0.05, 0) is 16.7 Å². The summed E-state index contributed by atoms with van der Waals surface area (Å²) in [6.45, 7) is 0.0338. The van der Waals surface area contributed by atoms with Gasteiger partial charge < -0.3 is 14.2 Å². The van der Waals surface area contributed by atoms with Gasteiger partial charge in [-0.2, -0.15) is 0 Å². The molecule has 9 heteroatoms. The molecule has 0 saturated carbocycles. The average Bonchev–Trinajstić information content (AvgIpc) is 2.96. The Balaban J connectivity index is 1.59. The second-order valence-electron chi connectivity index (χ2n) is 9.00. The molecule has 0 amide bonds. The van der Waals surface area contributed by atoms with Crippen LogP contribution in [0.25, 0.3) is 0 Å². The largest absolute Gasteiger partial charge is 0.461 e. The Labute approximate surface area is 226 Å². The van der Waals surface area contributed by atoms with Crippen LogP contribution >= 0.6 is 0 Å². The van der Waals surface area contributed by atoms with E-state index in [1.54, 1.807) is 60.7 Å². The summed E-state index contributed by atoms with van der Waals surface area (Å²) in [4.78, 5) is 49.0. The summed E-state index contributed by atoms with van der Waals surface area (Å²) in [7, 11) is 0. The van der Waals surface area contributed by atoms with Crippen LogP contribution in [0.4, 0.5) is 0 Å². The highest BCUT2D eigenvalue weighted by Gasteiger charge is 2.33. The van der Waals surface area contributed by atoms with Gasteiger partial charge in [0.1, 0.15) is 19.8 Å². The fourth-order valence-electron chi connectivity index (χ4n) is 3.84. The molecule has 0 bridgehead atoms. The molecule has 0 heterocycles. The van der Waals surface area contributed by atoms with Crippen LogP contribution in [-0.2, 0) is 48.4 Å². The first-order chi connectivity index (χ1) is 18.9. The monoisotopic (exact) mass is 533 g/mol. The van der Waals surface area contributed by atoms with E-state index in [4.69, 9.17) is 14.2 Å². The molecule has 0 aliphatic rings. The van der Waals surface area contributed by atoms with E-state index in [-0.39, 0.29) is 45.5 Å². The van der Waals surface area contributed by atoms with Gasteiger partial charge in [0, 0.05) is 17.8 Å². The van der Waals surface area contributed by atoms with Crippen LogP contribution in [0.15, 0.2) is 91.0 Å². The topological polar surface area (TPSA) is 122 Å². The molecule has 0 aromatic heterocycles. The van der Waals surface area contributed by atoms with Crippen molar-refractivity contribution in [2.45, 2.75) is 51.5 Å². The Morgan fingerprint density at radius 2 is 1.10 bits per heavy atom. The number of hydrogen-bond acceptors (Lipinski definition) is 8. The van der Waals surface area contributed by atoms with E-state index >= 15 is 0 Å². The molecular weight excluding hydrogens is 502 g/mol. The molecule has 0 N–H and O–H groups in total. The van der Waals surface area contributed by atoms with E-state index in [0.717, 1.165) is 16.7 Å². The van der Waals surface area contributed by atoms with Gasteiger partial charge in [-0.25, -0.2) is 0 Å². The van der Waals surface area contributed by atoms with Crippen molar-refractivity contribution in [1.82, 2.24) is 0 Å². The summed E-state index contributed by atoms with van der Waals surface area (Å²) in [5, 5.41) is 11.8. The van der Waals surface area contributed by atoms with Crippen molar-refractivity contribution >= 4 is 17.9 Å². The van der Waals surface area contributed by atoms with E-state index in [1.807, 2.05) is 30.3 Å². The highest BCUT2D eigenvalue weighted by atomic mass is 16.6. The van der Waals surface area contributed by atoms with Gasteiger partial charge in [0.2, 0.25) is 6.04 Å². The van der Waals surface area contributed by atoms with Gasteiger partial charge in [0.15, 0.2) is 0 Å². The molecule has 0 aliphatic carbocycles. The lowest BCUT2D eigenvalue weighted by Gasteiger charge is -2.18. The number of ether oxygens (including phenoxy) is 3. The smallest absolute Gasteiger partial charge is 0.310 e. The lowest BCUT2D eigenvalue weighted by atomic mass is 9.94. The van der Waals surface area contributed by atoms with Gasteiger partial charge >= 0.3 is 17.9 Å². The number of nitro groups is 1. The predicted octanol–water partition coefficient (Wildman–Crippen LogP) is 5.04. The maximum absolute atomic E-state index is 12.9. The second-order valence-corrected chi connectivity index (χ2v) is 9.00.